The van der Waals surface area contributed by atoms with E-state index in [1.54, 1.807) is 19.6 Å². The van der Waals surface area contributed by atoms with Crippen LogP contribution < -0.4 is 15.0 Å². The van der Waals surface area contributed by atoms with Gasteiger partial charge in [0, 0.05) is 11.9 Å². The van der Waals surface area contributed by atoms with Crippen molar-refractivity contribution in [3.63, 3.8) is 0 Å². The molecule has 3 aromatic rings. The van der Waals surface area contributed by atoms with E-state index in [4.69, 9.17) is 21.4 Å². The monoisotopic (exact) mass is 351 g/mol. The molecule has 6 heteroatoms. The number of furan rings is 1. The largest absolute Gasteiger partial charge is 0.497 e. The van der Waals surface area contributed by atoms with E-state index in [1.165, 1.54) is 0 Å². The van der Waals surface area contributed by atoms with Crippen molar-refractivity contribution in [3.8, 4) is 5.75 Å². The van der Waals surface area contributed by atoms with Crippen molar-refractivity contribution in [1.29, 1.82) is 0 Å². The van der Waals surface area contributed by atoms with E-state index in [-0.39, 0.29) is 12.1 Å². The molecule has 0 radical (unpaired) electrons. The van der Waals surface area contributed by atoms with Crippen molar-refractivity contribution in [1.82, 2.24) is 10.3 Å². The van der Waals surface area contributed by atoms with Crippen LogP contribution in [0.5, 0.6) is 5.75 Å². The third kappa shape index (κ3) is 2.85. The molecule has 1 aliphatic rings. The third-order valence-corrected chi connectivity index (χ3v) is 4.60. The summed E-state index contributed by atoms with van der Waals surface area (Å²) in [6.07, 6.45) is 3.47. The zero-order valence-electron chi connectivity index (χ0n) is 13.6. The maximum Gasteiger partial charge on any atom is 0.174 e. The van der Waals surface area contributed by atoms with Gasteiger partial charge in [-0.1, -0.05) is 6.07 Å². The predicted octanol–water partition coefficient (Wildman–Crippen LogP) is 3.86. The molecule has 0 amide bonds. The van der Waals surface area contributed by atoms with Crippen LogP contribution in [0.25, 0.3) is 0 Å². The first-order valence-electron chi connectivity index (χ1n) is 7.96. The van der Waals surface area contributed by atoms with Gasteiger partial charge < -0.3 is 19.4 Å². The number of rotatable bonds is 4. The summed E-state index contributed by atoms with van der Waals surface area (Å²) in [5, 5.41) is 4.03. The second kappa shape index (κ2) is 6.57. The molecule has 1 aromatic carbocycles. The number of pyridine rings is 1. The van der Waals surface area contributed by atoms with Crippen LogP contribution in [0.15, 0.2) is 71.5 Å². The fraction of sp³-hybridized carbons (Fsp3) is 0.158. The number of nitrogens with zero attached hydrogens (tertiary/aromatic N) is 2. The second-order valence-corrected chi connectivity index (χ2v) is 6.10. The molecular formula is C19H17N3O2S. The highest BCUT2D eigenvalue weighted by Gasteiger charge is 2.42. The minimum Gasteiger partial charge on any atom is -0.497 e. The third-order valence-electron chi connectivity index (χ3n) is 4.28. The lowest BCUT2D eigenvalue weighted by molar-refractivity contribution is 0.414. The van der Waals surface area contributed by atoms with Crippen molar-refractivity contribution in [3.05, 3.63) is 78.5 Å². The van der Waals surface area contributed by atoms with Gasteiger partial charge in [0.15, 0.2) is 5.11 Å². The van der Waals surface area contributed by atoms with Crippen LogP contribution in [-0.4, -0.2) is 17.2 Å². The van der Waals surface area contributed by atoms with Gasteiger partial charge >= 0.3 is 0 Å². The first kappa shape index (κ1) is 15.7. The number of anilines is 1. The van der Waals surface area contributed by atoms with E-state index >= 15 is 0 Å². The average Bonchev–Trinajstić information content (AvgIpc) is 3.30. The minimum atomic E-state index is -0.120. The van der Waals surface area contributed by atoms with Crippen LogP contribution in [0, 0.1) is 0 Å². The summed E-state index contributed by atoms with van der Waals surface area (Å²) < 4.78 is 11.0. The second-order valence-electron chi connectivity index (χ2n) is 5.71. The quantitative estimate of drug-likeness (QED) is 0.721. The van der Waals surface area contributed by atoms with E-state index in [1.807, 2.05) is 54.6 Å². The number of hydrogen-bond donors (Lipinski definition) is 1. The Bertz CT molecular complexity index is 850. The average molecular weight is 351 g/mol. The molecule has 0 saturated carbocycles. The van der Waals surface area contributed by atoms with E-state index in [0.717, 1.165) is 22.9 Å². The zero-order valence-corrected chi connectivity index (χ0v) is 14.4. The maximum absolute atomic E-state index is 5.72. The molecule has 1 saturated heterocycles. The summed E-state index contributed by atoms with van der Waals surface area (Å²) in [5.41, 5.74) is 1.89. The highest BCUT2D eigenvalue weighted by molar-refractivity contribution is 7.80. The molecule has 5 nitrogen and oxygen atoms in total. The van der Waals surface area contributed by atoms with Crippen LogP contribution in [0.4, 0.5) is 5.69 Å². The van der Waals surface area contributed by atoms with E-state index in [2.05, 4.69) is 15.2 Å². The van der Waals surface area contributed by atoms with Gasteiger partial charge in [-0.05, 0) is 60.7 Å². The summed E-state index contributed by atoms with van der Waals surface area (Å²) in [6.45, 7) is 0. The van der Waals surface area contributed by atoms with Gasteiger partial charge in [-0.3, -0.25) is 4.98 Å². The molecular weight excluding hydrogens is 334 g/mol. The van der Waals surface area contributed by atoms with Crippen LogP contribution >= 0.6 is 12.2 Å². The van der Waals surface area contributed by atoms with Gasteiger partial charge in [0.1, 0.15) is 17.6 Å². The van der Waals surface area contributed by atoms with Crippen molar-refractivity contribution in [2.45, 2.75) is 12.1 Å². The number of hydrogen-bond acceptors (Lipinski definition) is 4. The standard InChI is InChI=1S/C19H17N3O2S/c1-23-14-9-7-13(8-10-14)22-18(16-6-4-12-24-16)17(21-19(22)25)15-5-2-3-11-20-15/h2-12,17-18H,1H3,(H,21,25)/t17-,18-/m0/s1. The Morgan fingerprint density at radius 3 is 2.60 bits per heavy atom. The van der Waals surface area contributed by atoms with Gasteiger partial charge in [0.2, 0.25) is 0 Å². The van der Waals surface area contributed by atoms with Crippen LogP contribution in [-0.2, 0) is 0 Å². The van der Waals surface area contributed by atoms with E-state index < -0.39 is 0 Å². The fourth-order valence-electron chi connectivity index (χ4n) is 3.12. The molecule has 4 rings (SSSR count). The summed E-state index contributed by atoms with van der Waals surface area (Å²) in [7, 11) is 1.65. The van der Waals surface area contributed by atoms with Gasteiger partial charge in [-0.15, -0.1) is 0 Å². The molecule has 126 valence electrons. The summed E-state index contributed by atoms with van der Waals surface area (Å²) in [5.74, 6) is 1.64. The Kier molecular flexibility index (Phi) is 4.11. The van der Waals surface area contributed by atoms with Crippen LogP contribution in [0.2, 0.25) is 0 Å². The van der Waals surface area contributed by atoms with E-state index in [9.17, 15) is 0 Å². The van der Waals surface area contributed by atoms with Gasteiger partial charge in [-0.25, -0.2) is 0 Å². The number of nitrogens with one attached hydrogen (secondary N) is 1. The number of aromatic nitrogens is 1. The van der Waals surface area contributed by atoms with Gasteiger partial charge in [0.05, 0.1) is 25.1 Å². The number of ether oxygens (including phenoxy) is 1. The molecule has 0 bridgehead atoms. The molecule has 0 spiro atoms. The SMILES string of the molecule is COc1ccc(N2C(=S)N[C@@H](c3ccccn3)[C@@H]2c2ccco2)cc1. The lowest BCUT2D eigenvalue weighted by Crippen LogP contribution is -2.29. The number of methoxy groups -OCH3 is 1. The Morgan fingerprint density at radius 2 is 1.96 bits per heavy atom. The molecule has 0 unspecified atom stereocenters. The first-order chi connectivity index (χ1) is 12.3. The molecule has 0 aliphatic carbocycles. The molecule has 3 heterocycles. The fourth-order valence-corrected chi connectivity index (χ4v) is 3.47. The summed E-state index contributed by atoms with van der Waals surface area (Å²) in [6, 6.07) is 17.3. The number of thiocarbonyl (C=S) groups is 1. The van der Waals surface area contributed by atoms with Crippen molar-refractivity contribution < 1.29 is 9.15 Å². The number of benzene rings is 1. The van der Waals surface area contributed by atoms with Crippen molar-refractivity contribution >= 4 is 23.0 Å². The first-order valence-corrected chi connectivity index (χ1v) is 8.37. The predicted molar refractivity (Wildman–Crippen MR) is 99.6 cm³/mol. The lowest BCUT2D eigenvalue weighted by atomic mass is 10.0. The highest BCUT2D eigenvalue weighted by atomic mass is 32.1. The van der Waals surface area contributed by atoms with Gasteiger partial charge in [0.25, 0.3) is 0 Å². The molecule has 1 fully saturated rings. The van der Waals surface area contributed by atoms with Crippen molar-refractivity contribution in [2.75, 3.05) is 12.0 Å². The molecule has 25 heavy (non-hydrogen) atoms. The topological polar surface area (TPSA) is 50.5 Å². The smallest absolute Gasteiger partial charge is 0.174 e. The van der Waals surface area contributed by atoms with Crippen LogP contribution in [0.1, 0.15) is 23.5 Å². The Morgan fingerprint density at radius 1 is 1.12 bits per heavy atom. The van der Waals surface area contributed by atoms with E-state index in [0.29, 0.717) is 5.11 Å². The Labute approximate surface area is 151 Å². The maximum atomic E-state index is 5.72. The minimum absolute atomic E-state index is 0.0954. The molecule has 2 atom stereocenters. The summed E-state index contributed by atoms with van der Waals surface area (Å²) in [4.78, 5) is 6.56. The highest BCUT2D eigenvalue weighted by Crippen LogP contribution is 2.41. The molecule has 2 aromatic heterocycles. The Balaban J connectivity index is 1.77. The molecule has 1 N–H and O–H groups in total. The zero-order chi connectivity index (χ0) is 17.2. The Hall–Kier alpha value is -2.86. The molecule has 1 aliphatic heterocycles. The van der Waals surface area contributed by atoms with Gasteiger partial charge in [-0.2, -0.15) is 0 Å². The lowest BCUT2D eigenvalue weighted by Gasteiger charge is -2.26. The van der Waals surface area contributed by atoms with Crippen molar-refractivity contribution in [2.24, 2.45) is 0 Å². The summed E-state index contributed by atoms with van der Waals surface area (Å²) >= 11 is 5.63. The normalized spacial score (nSPS) is 19.7. The van der Waals surface area contributed by atoms with Crippen LogP contribution in [0.3, 0.4) is 0 Å².